The van der Waals surface area contributed by atoms with E-state index in [4.69, 9.17) is 23.2 Å². The minimum absolute atomic E-state index is 0.424. The van der Waals surface area contributed by atoms with Gasteiger partial charge in [0, 0.05) is 12.6 Å². The largest absolute Gasteiger partial charge is 0.309 e. The van der Waals surface area contributed by atoms with Crippen molar-refractivity contribution >= 4 is 23.2 Å². The first-order valence-corrected chi connectivity index (χ1v) is 8.27. The summed E-state index contributed by atoms with van der Waals surface area (Å²) in [4.78, 5) is 0. The normalized spacial score (nSPS) is 34.6. The van der Waals surface area contributed by atoms with Crippen LogP contribution in [0.4, 0.5) is 0 Å². The summed E-state index contributed by atoms with van der Waals surface area (Å²) < 4.78 is 0. The van der Waals surface area contributed by atoms with Gasteiger partial charge in [-0.1, -0.05) is 50.0 Å². The van der Waals surface area contributed by atoms with E-state index >= 15 is 0 Å². The van der Waals surface area contributed by atoms with Gasteiger partial charge < -0.3 is 5.32 Å². The molecule has 3 rings (SSSR count). The third-order valence-electron chi connectivity index (χ3n) is 6.33. The molecule has 2 aliphatic rings. The van der Waals surface area contributed by atoms with Crippen molar-refractivity contribution < 1.29 is 0 Å². The molecule has 3 heteroatoms. The van der Waals surface area contributed by atoms with Crippen molar-refractivity contribution in [2.75, 3.05) is 0 Å². The Balaban J connectivity index is 1.69. The highest BCUT2D eigenvalue weighted by atomic mass is 35.5. The molecular weight excluding hydrogens is 289 g/mol. The van der Waals surface area contributed by atoms with Crippen LogP contribution < -0.4 is 5.32 Å². The highest BCUT2D eigenvalue weighted by Crippen LogP contribution is 2.65. The van der Waals surface area contributed by atoms with Gasteiger partial charge in [-0.05, 0) is 53.7 Å². The smallest absolute Gasteiger partial charge is 0.0595 e. The van der Waals surface area contributed by atoms with Crippen molar-refractivity contribution in [3.63, 3.8) is 0 Å². The molecule has 0 aliphatic heterocycles. The van der Waals surface area contributed by atoms with Crippen LogP contribution in [-0.2, 0) is 6.54 Å². The lowest BCUT2D eigenvalue weighted by atomic mass is 9.69. The first-order chi connectivity index (χ1) is 9.34. The summed E-state index contributed by atoms with van der Waals surface area (Å²) in [6, 6.07) is 6.53. The van der Waals surface area contributed by atoms with Crippen molar-refractivity contribution in [1.29, 1.82) is 0 Å². The van der Waals surface area contributed by atoms with Crippen LogP contribution in [0.3, 0.4) is 0 Å². The molecular formula is C17H23Cl2N. The predicted molar refractivity (Wildman–Crippen MR) is 86.3 cm³/mol. The zero-order chi connectivity index (χ0) is 14.5. The van der Waals surface area contributed by atoms with Gasteiger partial charge in [-0.2, -0.15) is 0 Å². The summed E-state index contributed by atoms with van der Waals surface area (Å²) in [5.41, 5.74) is 2.10. The second kappa shape index (κ2) is 4.90. The van der Waals surface area contributed by atoms with E-state index < -0.39 is 0 Å². The molecule has 0 spiro atoms. The topological polar surface area (TPSA) is 12.0 Å². The standard InChI is InChI=1S/C17H23Cl2N/c1-16(2)12-6-7-17(16,3)15(9-12)20-10-11-4-5-13(18)14(19)8-11/h4-5,8,12,15,20H,6-7,9-10H2,1-3H3/t12-,15+,17+/m0/s1. The first-order valence-electron chi connectivity index (χ1n) is 7.52. The molecule has 0 heterocycles. The van der Waals surface area contributed by atoms with Gasteiger partial charge in [-0.25, -0.2) is 0 Å². The second-order valence-corrected chi connectivity index (χ2v) is 8.11. The summed E-state index contributed by atoms with van der Waals surface area (Å²) in [5, 5.41) is 5.04. The zero-order valence-corrected chi connectivity index (χ0v) is 14.0. The fourth-order valence-corrected chi connectivity index (χ4v) is 4.72. The van der Waals surface area contributed by atoms with Crippen LogP contribution >= 0.6 is 23.2 Å². The molecule has 0 amide bonds. The van der Waals surface area contributed by atoms with Gasteiger partial charge in [-0.15, -0.1) is 0 Å². The Morgan fingerprint density at radius 2 is 1.95 bits per heavy atom. The SMILES string of the molecule is CC1(C)[C@H]2CC[C@]1(C)[C@H](NCc1ccc(Cl)c(Cl)c1)C2. The van der Waals surface area contributed by atoms with E-state index in [0.29, 0.717) is 26.9 Å². The van der Waals surface area contributed by atoms with E-state index in [1.54, 1.807) is 0 Å². The maximum Gasteiger partial charge on any atom is 0.0595 e. The lowest BCUT2D eigenvalue weighted by Crippen LogP contribution is -2.44. The summed E-state index contributed by atoms with van der Waals surface area (Å²) in [7, 11) is 0. The summed E-state index contributed by atoms with van der Waals surface area (Å²) in [6.07, 6.45) is 4.06. The van der Waals surface area contributed by atoms with Crippen LogP contribution in [0, 0.1) is 16.7 Å². The molecule has 1 aromatic carbocycles. The second-order valence-electron chi connectivity index (χ2n) is 7.29. The van der Waals surface area contributed by atoms with Gasteiger partial charge in [-0.3, -0.25) is 0 Å². The number of nitrogens with one attached hydrogen (secondary N) is 1. The molecule has 2 fully saturated rings. The third kappa shape index (κ3) is 2.10. The van der Waals surface area contributed by atoms with Gasteiger partial charge in [0.2, 0.25) is 0 Å². The maximum atomic E-state index is 6.09. The van der Waals surface area contributed by atoms with Crippen molar-refractivity contribution in [3.8, 4) is 0 Å². The van der Waals surface area contributed by atoms with E-state index in [1.807, 2.05) is 12.1 Å². The van der Waals surface area contributed by atoms with Crippen LogP contribution in [0.1, 0.15) is 45.6 Å². The zero-order valence-electron chi connectivity index (χ0n) is 12.5. The van der Waals surface area contributed by atoms with E-state index in [1.165, 1.54) is 24.8 Å². The Bertz CT molecular complexity index is 526. The Labute approximate surface area is 132 Å². The molecule has 0 saturated heterocycles. The Morgan fingerprint density at radius 1 is 1.20 bits per heavy atom. The molecule has 0 unspecified atom stereocenters. The van der Waals surface area contributed by atoms with Crippen LogP contribution in [0.15, 0.2) is 18.2 Å². The molecule has 110 valence electrons. The molecule has 0 radical (unpaired) electrons. The van der Waals surface area contributed by atoms with Gasteiger partial charge in [0.1, 0.15) is 0 Å². The van der Waals surface area contributed by atoms with Gasteiger partial charge in [0.05, 0.1) is 10.0 Å². The number of hydrogen-bond donors (Lipinski definition) is 1. The predicted octanol–water partition coefficient (Wildman–Crippen LogP) is 5.30. The van der Waals surface area contributed by atoms with E-state index in [2.05, 4.69) is 32.2 Å². The van der Waals surface area contributed by atoms with Crippen LogP contribution in [0.25, 0.3) is 0 Å². The minimum Gasteiger partial charge on any atom is -0.309 e. The molecule has 20 heavy (non-hydrogen) atoms. The summed E-state index contributed by atoms with van der Waals surface area (Å²) >= 11 is 12.1. The van der Waals surface area contributed by atoms with Crippen LogP contribution in [0.2, 0.25) is 10.0 Å². The lowest BCUT2D eigenvalue weighted by molar-refractivity contribution is 0.120. The summed E-state index contributed by atoms with van der Waals surface area (Å²) in [5.74, 6) is 0.874. The molecule has 2 saturated carbocycles. The fraction of sp³-hybridized carbons (Fsp3) is 0.647. The van der Waals surface area contributed by atoms with E-state index in [-0.39, 0.29) is 0 Å². The number of hydrogen-bond acceptors (Lipinski definition) is 1. The number of rotatable bonds is 3. The molecule has 2 aliphatic carbocycles. The fourth-order valence-electron chi connectivity index (χ4n) is 4.40. The molecule has 1 nitrogen and oxygen atoms in total. The molecule has 0 aromatic heterocycles. The quantitative estimate of drug-likeness (QED) is 0.799. The highest BCUT2D eigenvalue weighted by Gasteiger charge is 2.60. The van der Waals surface area contributed by atoms with E-state index in [0.717, 1.165) is 12.5 Å². The Kier molecular flexibility index (Phi) is 3.60. The molecule has 1 N–H and O–H groups in total. The van der Waals surface area contributed by atoms with Crippen LogP contribution in [-0.4, -0.2) is 6.04 Å². The first kappa shape index (κ1) is 14.7. The average molecular weight is 312 g/mol. The van der Waals surface area contributed by atoms with Gasteiger partial charge in [0.15, 0.2) is 0 Å². The van der Waals surface area contributed by atoms with E-state index in [9.17, 15) is 0 Å². The highest BCUT2D eigenvalue weighted by molar-refractivity contribution is 6.42. The number of halogens is 2. The Hall–Kier alpha value is -0.240. The van der Waals surface area contributed by atoms with Crippen molar-refractivity contribution in [3.05, 3.63) is 33.8 Å². The molecule has 1 aromatic rings. The van der Waals surface area contributed by atoms with Crippen molar-refractivity contribution in [2.24, 2.45) is 16.7 Å². The minimum atomic E-state index is 0.424. The maximum absolute atomic E-state index is 6.09. The van der Waals surface area contributed by atoms with Gasteiger partial charge in [0.25, 0.3) is 0 Å². The lowest BCUT2D eigenvalue weighted by Gasteiger charge is -2.39. The molecule has 3 atom stereocenters. The van der Waals surface area contributed by atoms with Crippen molar-refractivity contribution in [1.82, 2.24) is 5.32 Å². The average Bonchev–Trinajstić information content (AvgIpc) is 2.73. The van der Waals surface area contributed by atoms with Crippen LogP contribution in [0.5, 0.6) is 0 Å². The monoisotopic (exact) mass is 311 g/mol. The Morgan fingerprint density at radius 3 is 2.50 bits per heavy atom. The van der Waals surface area contributed by atoms with Gasteiger partial charge >= 0.3 is 0 Å². The third-order valence-corrected chi connectivity index (χ3v) is 7.07. The summed E-state index contributed by atoms with van der Waals surface area (Å²) in [6.45, 7) is 8.24. The van der Waals surface area contributed by atoms with Crippen molar-refractivity contribution in [2.45, 2.75) is 52.6 Å². The molecule has 2 bridgehead atoms. The number of benzene rings is 1. The number of fused-ring (bicyclic) bond motifs is 2.